The largest absolute Gasteiger partial charge is 0.356 e. The quantitative estimate of drug-likeness (QED) is 0.260. The first-order valence-electron chi connectivity index (χ1n) is 10.8. The average molecular weight is 567 g/mol. The second kappa shape index (κ2) is 12.1. The van der Waals surface area contributed by atoms with Crippen LogP contribution in [-0.2, 0) is 20.0 Å². The number of nitrogens with zero attached hydrogens (tertiary/aromatic N) is 6. The number of piperidine rings is 1. The molecule has 172 valence electrons. The lowest BCUT2D eigenvalue weighted by Crippen LogP contribution is -2.49. The minimum absolute atomic E-state index is 0. The van der Waals surface area contributed by atoms with Crippen molar-refractivity contribution in [2.45, 2.75) is 38.8 Å². The van der Waals surface area contributed by atoms with Crippen LogP contribution in [0.4, 0.5) is 5.82 Å². The van der Waals surface area contributed by atoms with Crippen molar-refractivity contribution in [3.63, 3.8) is 0 Å². The molecule has 32 heavy (non-hydrogen) atoms. The minimum Gasteiger partial charge on any atom is -0.356 e. The van der Waals surface area contributed by atoms with Gasteiger partial charge in [0.1, 0.15) is 18.2 Å². The summed E-state index contributed by atoms with van der Waals surface area (Å²) in [6.07, 6.45) is 4.94. The zero-order chi connectivity index (χ0) is 21.5. The molecule has 1 fully saturated rings. The Kier molecular flexibility index (Phi) is 9.27. The van der Waals surface area contributed by atoms with Gasteiger partial charge in [-0.3, -0.25) is 0 Å². The van der Waals surface area contributed by atoms with Crippen molar-refractivity contribution in [2.24, 2.45) is 12.0 Å². The van der Waals surface area contributed by atoms with E-state index >= 15 is 0 Å². The van der Waals surface area contributed by atoms with Crippen LogP contribution >= 0.6 is 35.3 Å². The number of aromatic nitrogens is 4. The number of halogens is 1. The van der Waals surface area contributed by atoms with Crippen molar-refractivity contribution in [2.75, 3.05) is 24.5 Å². The predicted octanol–water partition coefficient (Wildman–Crippen LogP) is 3.14. The second-order valence-corrected chi connectivity index (χ2v) is 8.77. The molecule has 8 nitrogen and oxygen atoms in total. The molecule has 4 rings (SSSR count). The molecule has 2 N–H and O–H groups in total. The van der Waals surface area contributed by atoms with Gasteiger partial charge in [-0.2, -0.15) is 0 Å². The molecule has 1 aliphatic rings. The predicted molar refractivity (Wildman–Crippen MR) is 141 cm³/mol. The molecular weight excluding hydrogens is 535 g/mol. The Balaban J connectivity index is 0.00000289. The fourth-order valence-electron chi connectivity index (χ4n) is 3.64. The van der Waals surface area contributed by atoms with Gasteiger partial charge >= 0.3 is 0 Å². The SMILES string of the molecule is Cc1nnc(CN=C(NCCc2cccs2)NC2CCN(c3ccccn3)CC2)n1C.I. The number of hydrogen-bond donors (Lipinski definition) is 2. The molecule has 0 aliphatic carbocycles. The fraction of sp³-hybridized carbons (Fsp3) is 0.455. The lowest BCUT2D eigenvalue weighted by atomic mass is 10.1. The molecule has 0 saturated carbocycles. The van der Waals surface area contributed by atoms with Crippen molar-refractivity contribution in [1.29, 1.82) is 0 Å². The molecule has 0 spiro atoms. The number of anilines is 1. The summed E-state index contributed by atoms with van der Waals surface area (Å²) in [6.45, 7) is 5.27. The van der Waals surface area contributed by atoms with Crippen molar-refractivity contribution >= 4 is 47.1 Å². The molecule has 4 heterocycles. The third-order valence-corrected chi connectivity index (χ3v) is 6.55. The minimum atomic E-state index is 0. The normalized spacial score (nSPS) is 14.8. The van der Waals surface area contributed by atoms with E-state index in [9.17, 15) is 0 Å². The molecule has 1 aliphatic heterocycles. The van der Waals surface area contributed by atoms with Gasteiger partial charge in [-0.25, -0.2) is 9.98 Å². The maximum Gasteiger partial charge on any atom is 0.191 e. The maximum atomic E-state index is 4.81. The van der Waals surface area contributed by atoms with Gasteiger partial charge in [0, 0.05) is 43.8 Å². The van der Waals surface area contributed by atoms with E-state index in [1.165, 1.54) is 4.88 Å². The van der Waals surface area contributed by atoms with Crippen molar-refractivity contribution < 1.29 is 0 Å². The summed E-state index contributed by atoms with van der Waals surface area (Å²) >= 11 is 1.79. The maximum absolute atomic E-state index is 4.81. The standard InChI is InChI=1S/C22H30N8S.HI/c1-17-27-28-21(29(17)2)16-25-22(24-12-8-19-6-5-15-31-19)26-18-9-13-30(14-10-18)20-7-3-4-11-23-20;/h3-7,11,15,18H,8-10,12-14,16H2,1-2H3,(H2,24,25,26);1H. The number of pyridine rings is 1. The molecule has 3 aromatic rings. The number of thiophene rings is 1. The number of guanidine groups is 1. The summed E-state index contributed by atoms with van der Waals surface area (Å²) in [5.74, 6) is 3.66. The zero-order valence-electron chi connectivity index (χ0n) is 18.6. The van der Waals surface area contributed by atoms with Crippen molar-refractivity contribution in [1.82, 2.24) is 30.4 Å². The Bertz CT molecular complexity index is 965. The van der Waals surface area contributed by atoms with E-state index in [4.69, 9.17) is 4.99 Å². The van der Waals surface area contributed by atoms with Crippen LogP contribution in [0.1, 0.15) is 29.4 Å². The van der Waals surface area contributed by atoms with Crippen LogP contribution in [0.15, 0.2) is 46.9 Å². The molecule has 0 unspecified atom stereocenters. The third kappa shape index (κ3) is 6.64. The van der Waals surface area contributed by atoms with Crippen molar-refractivity contribution in [3.8, 4) is 0 Å². The Morgan fingerprint density at radius 1 is 1.19 bits per heavy atom. The van der Waals surface area contributed by atoms with Gasteiger partial charge in [0.15, 0.2) is 11.8 Å². The van der Waals surface area contributed by atoms with Crippen LogP contribution in [0.2, 0.25) is 0 Å². The molecular formula is C22H31IN8S. The highest BCUT2D eigenvalue weighted by Crippen LogP contribution is 2.17. The first-order chi connectivity index (χ1) is 15.2. The number of hydrogen-bond acceptors (Lipinski definition) is 6. The highest BCUT2D eigenvalue weighted by atomic mass is 127. The summed E-state index contributed by atoms with van der Waals surface area (Å²) < 4.78 is 1.98. The van der Waals surface area contributed by atoms with Gasteiger partial charge in [-0.05, 0) is 49.8 Å². The first-order valence-corrected chi connectivity index (χ1v) is 11.6. The monoisotopic (exact) mass is 566 g/mol. The zero-order valence-corrected chi connectivity index (χ0v) is 21.7. The van der Waals surface area contributed by atoms with E-state index in [1.807, 2.05) is 36.9 Å². The van der Waals surface area contributed by atoms with E-state index in [0.29, 0.717) is 12.6 Å². The van der Waals surface area contributed by atoms with Crippen LogP contribution in [0.5, 0.6) is 0 Å². The van der Waals surface area contributed by atoms with E-state index < -0.39 is 0 Å². The van der Waals surface area contributed by atoms with Crippen LogP contribution in [0, 0.1) is 6.92 Å². The van der Waals surface area contributed by atoms with E-state index in [0.717, 1.165) is 62.3 Å². The lowest BCUT2D eigenvalue weighted by Gasteiger charge is -2.33. The topological polar surface area (TPSA) is 83.3 Å². The number of aryl methyl sites for hydroxylation is 1. The third-order valence-electron chi connectivity index (χ3n) is 5.61. The van der Waals surface area contributed by atoms with Gasteiger partial charge in [0.05, 0.1) is 0 Å². The average Bonchev–Trinajstić information content (AvgIpc) is 3.43. The summed E-state index contributed by atoms with van der Waals surface area (Å²) in [5, 5.41) is 17.6. The number of rotatable bonds is 7. The van der Waals surface area contributed by atoms with Gasteiger partial charge < -0.3 is 20.1 Å². The molecule has 1 saturated heterocycles. The van der Waals surface area contributed by atoms with Gasteiger partial charge in [-0.15, -0.1) is 45.5 Å². The Morgan fingerprint density at radius 2 is 2.03 bits per heavy atom. The molecule has 3 aromatic heterocycles. The second-order valence-electron chi connectivity index (χ2n) is 7.74. The highest BCUT2D eigenvalue weighted by Gasteiger charge is 2.21. The molecule has 0 atom stereocenters. The molecule has 0 radical (unpaired) electrons. The lowest BCUT2D eigenvalue weighted by molar-refractivity contribution is 0.459. The van der Waals surface area contributed by atoms with Crippen molar-refractivity contribution in [3.05, 3.63) is 58.4 Å². The number of aliphatic imine (C=N–C) groups is 1. The molecule has 0 aromatic carbocycles. The summed E-state index contributed by atoms with van der Waals surface area (Å²) in [7, 11) is 1.98. The fourth-order valence-corrected chi connectivity index (χ4v) is 4.35. The Labute approximate surface area is 210 Å². The molecule has 0 bridgehead atoms. The van der Waals surface area contributed by atoms with E-state index in [-0.39, 0.29) is 24.0 Å². The summed E-state index contributed by atoms with van der Waals surface area (Å²) in [4.78, 5) is 13.0. The summed E-state index contributed by atoms with van der Waals surface area (Å²) in [6, 6.07) is 10.7. The van der Waals surface area contributed by atoms with Gasteiger partial charge in [0.2, 0.25) is 0 Å². The van der Waals surface area contributed by atoms with Crippen LogP contribution in [0.3, 0.4) is 0 Å². The highest BCUT2D eigenvalue weighted by molar-refractivity contribution is 14.0. The Hall–Kier alpha value is -2.21. The van der Waals surface area contributed by atoms with E-state index in [1.54, 1.807) is 11.3 Å². The van der Waals surface area contributed by atoms with Gasteiger partial charge in [-0.1, -0.05) is 12.1 Å². The van der Waals surface area contributed by atoms with Crippen LogP contribution in [0.25, 0.3) is 0 Å². The Morgan fingerprint density at radius 3 is 2.69 bits per heavy atom. The smallest absolute Gasteiger partial charge is 0.191 e. The number of nitrogens with one attached hydrogen (secondary N) is 2. The van der Waals surface area contributed by atoms with Crippen LogP contribution < -0.4 is 15.5 Å². The van der Waals surface area contributed by atoms with Crippen LogP contribution in [-0.4, -0.2) is 51.4 Å². The first kappa shape index (κ1) is 24.4. The summed E-state index contributed by atoms with van der Waals surface area (Å²) in [5.41, 5.74) is 0. The molecule has 0 amide bonds. The van der Waals surface area contributed by atoms with Gasteiger partial charge in [0.25, 0.3) is 0 Å². The molecule has 10 heteroatoms. The van der Waals surface area contributed by atoms with E-state index in [2.05, 4.69) is 54.3 Å².